The van der Waals surface area contributed by atoms with Gasteiger partial charge in [0.2, 0.25) is 0 Å². The number of aliphatic hydroxyl groups excluding tert-OH is 2. The van der Waals surface area contributed by atoms with Crippen LogP contribution in [0.25, 0.3) is 6.08 Å². The van der Waals surface area contributed by atoms with Gasteiger partial charge in [0, 0.05) is 38.2 Å². The first-order chi connectivity index (χ1) is 12.5. The maximum absolute atomic E-state index is 9.65. The largest absolute Gasteiger partial charge is 0.393 e. The Labute approximate surface area is 167 Å². The number of hydrogen-bond donors (Lipinski definition) is 3. The van der Waals surface area contributed by atoms with E-state index in [1.807, 2.05) is 18.2 Å². The van der Waals surface area contributed by atoms with Gasteiger partial charge in [-0.2, -0.15) is 5.26 Å². The zero-order valence-corrected chi connectivity index (χ0v) is 16.1. The Bertz CT molecular complexity index is 616. The Balaban J connectivity index is 0.00000364. The molecule has 6 nitrogen and oxygen atoms in total. The molecule has 1 aliphatic heterocycles. The summed E-state index contributed by atoms with van der Waals surface area (Å²) >= 11 is 1.23. The summed E-state index contributed by atoms with van der Waals surface area (Å²) in [6.45, 7) is 6.62. The molecule has 0 aromatic heterocycles. The molecule has 0 aliphatic carbocycles. The van der Waals surface area contributed by atoms with E-state index in [4.69, 9.17) is 4.74 Å². The zero-order chi connectivity index (χ0) is 18.9. The monoisotopic (exact) mass is 393 g/mol. The molecule has 27 heavy (non-hydrogen) atoms. The predicted octanol–water partition coefficient (Wildman–Crippen LogP) is 3.13. The number of aliphatic hydroxyl groups is 2. The maximum Gasteiger partial charge on any atom is 0.157 e. The number of benzene rings is 1. The molecule has 150 valence electrons. The highest BCUT2D eigenvalue weighted by Crippen LogP contribution is 2.21. The Morgan fingerprint density at radius 1 is 1.30 bits per heavy atom. The van der Waals surface area contributed by atoms with Crippen molar-refractivity contribution in [1.29, 1.82) is 5.26 Å². The second-order valence-corrected chi connectivity index (χ2v) is 7.11. The highest BCUT2D eigenvalue weighted by molar-refractivity contribution is 8.01. The van der Waals surface area contributed by atoms with Crippen LogP contribution in [0.3, 0.4) is 0 Å². The number of nitrogens with one attached hydrogen (secondary N) is 1. The van der Waals surface area contributed by atoms with Crippen molar-refractivity contribution in [3.05, 3.63) is 34.7 Å². The minimum Gasteiger partial charge on any atom is -0.393 e. The lowest BCUT2D eigenvalue weighted by molar-refractivity contribution is -0.186. The quantitative estimate of drug-likeness (QED) is 0.462. The second kappa shape index (κ2) is 12.0. The van der Waals surface area contributed by atoms with Gasteiger partial charge in [-0.3, -0.25) is 4.72 Å². The van der Waals surface area contributed by atoms with Crippen LogP contribution in [0.2, 0.25) is 0 Å². The van der Waals surface area contributed by atoms with E-state index in [2.05, 4.69) is 41.7 Å². The van der Waals surface area contributed by atoms with Gasteiger partial charge in [-0.15, -0.1) is 0 Å². The lowest BCUT2D eigenvalue weighted by Crippen LogP contribution is -2.39. The van der Waals surface area contributed by atoms with E-state index >= 15 is 0 Å². The molecule has 3 N–H and O–H groups in total. The van der Waals surface area contributed by atoms with Gasteiger partial charge in [-0.25, -0.2) is 0 Å². The topological polar surface area (TPSA) is 88.8 Å². The Morgan fingerprint density at radius 2 is 1.96 bits per heavy atom. The highest BCUT2D eigenvalue weighted by Gasteiger charge is 2.26. The van der Waals surface area contributed by atoms with Crippen LogP contribution in [0.15, 0.2) is 29.2 Å². The first kappa shape index (κ1) is 23.5. The first-order valence-corrected chi connectivity index (χ1v) is 9.75. The molecule has 0 bridgehead atoms. The summed E-state index contributed by atoms with van der Waals surface area (Å²) < 4.78 is 8.45. The number of anilines is 1. The van der Waals surface area contributed by atoms with Gasteiger partial charge in [0.25, 0.3) is 0 Å². The van der Waals surface area contributed by atoms with Crippen LogP contribution in [0.5, 0.6) is 0 Å². The van der Waals surface area contributed by atoms with Crippen LogP contribution in [0, 0.1) is 11.3 Å². The molecule has 1 fully saturated rings. The molecule has 1 aromatic rings. The third kappa shape index (κ3) is 7.53. The number of nitrogens with zero attached hydrogens (tertiary/aromatic N) is 2. The van der Waals surface area contributed by atoms with Gasteiger partial charge in [0.15, 0.2) is 6.29 Å². The van der Waals surface area contributed by atoms with Crippen molar-refractivity contribution >= 4 is 23.7 Å². The molecule has 1 saturated heterocycles. The smallest absolute Gasteiger partial charge is 0.157 e. The van der Waals surface area contributed by atoms with Gasteiger partial charge >= 0.3 is 0 Å². The lowest BCUT2D eigenvalue weighted by Gasteiger charge is -2.30. The van der Waals surface area contributed by atoms with E-state index in [9.17, 15) is 15.5 Å². The molecule has 0 saturated carbocycles. The molecule has 1 aliphatic rings. The predicted molar refractivity (Wildman–Crippen MR) is 112 cm³/mol. The fourth-order valence-electron chi connectivity index (χ4n) is 2.92. The number of allylic oxidation sites excluding steroid dienone is 1. The van der Waals surface area contributed by atoms with E-state index in [0.717, 1.165) is 18.7 Å². The van der Waals surface area contributed by atoms with Crippen LogP contribution in [0.1, 0.15) is 39.7 Å². The lowest BCUT2D eigenvalue weighted by atomic mass is 10.1. The molecule has 1 heterocycles. The van der Waals surface area contributed by atoms with E-state index in [0.29, 0.717) is 17.9 Å². The molecule has 3 unspecified atom stereocenters. The summed E-state index contributed by atoms with van der Waals surface area (Å²) in [5, 5.41) is 28.5. The molecule has 0 radical (unpaired) electrons. The number of hydrogen-bond acceptors (Lipinski definition) is 7. The normalized spacial score (nSPS) is 22.6. The number of ether oxygens (including phenoxy) is 1. The van der Waals surface area contributed by atoms with E-state index in [-0.39, 0.29) is 20.0 Å². The third-order valence-electron chi connectivity index (χ3n) is 4.28. The van der Waals surface area contributed by atoms with Crippen LogP contribution in [-0.4, -0.2) is 48.3 Å². The van der Waals surface area contributed by atoms with Crippen molar-refractivity contribution in [2.45, 2.75) is 52.6 Å². The standard InChI is InChI=1S/C19H27N3O3S.CH4/c1-3-22(4-2)15-7-5-14(6-8-15)9-18(12-20)26-21-13-17-10-16(23)11-19(24)25-17;/h5-9,16-17,19,21,23-24H,3-4,10-11,13H2,1-2H3;1H4/b18-9+;. The summed E-state index contributed by atoms with van der Waals surface area (Å²) in [5.74, 6) is 0. The molecular weight excluding hydrogens is 362 g/mol. The van der Waals surface area contributed by atoms with Crippen LogP contribution in [0.4, 0.5) is 5.69 Å². The maximum atomic E-state index is 9.65. The average Bonchev–Trinajstić information content (AvgIpc) is 2.62. The summed E-state index contributed by atoms with van der Waals surface area (Å²) in [5.41, 5.74) is 2.13. The molecule has 1 aromatic carbocycles. The highest BCUT2D eigenvalue weighted by atomic mass is 32.2. The summed E-state index contributed by atoms with van der Waals surface area (Å²) in [7, 11) is 0. The SMILES string of the molecule is C.CCN(CC)c1ccc(/C=C(\C#N)SNCC2CC(O)CC(O)O2)cc1. The minimum absolute atomic E-state index is 0. The van der Waals surface area contributed by atoms with E-state index in [1.54, 1.807) is 0 Å². The molecule has 2 rings (SSSR count). The van der Waals surface area contributed by atoms with Crippen LogP contribution < -0.4 is 9.62 Å². The first-order valence-electron chi connectivity index (χ1n) is 8.93. The van der Waals surface area contributed by atoms with Gasteiger partial charge in [0.1, 0.15) is 11.0 Å². The van der Waals surface area contributed by atoms with Crippen molar-refractivity contribution in [3.63, 3.8) is 0 Å². The molecule has 0 amide bonds. The molecule has 3 atom stereocenters. The fraction of sp³-hybridized carbons (Fsp3) is 0.550. The molecule has 7 heteroatoms. The van der Waals surface area contributed by atoms with Gasteiger partial charge in [0.05, 0.1) is 12.2 Å². The fourth-order valence-corrected chi connectivity index (χ4v) is 3.58. The average molecular weight is 394 g/mol. The Hall–Kier alpha value is -1.56. The number of nitriles is 1. The number of rotatable bonds is 8. The summed E-state index contributed by atoms with van der Waals surface area (Å²) in [6, 6.07) is 10.3. The second-order valence-electron chi connectivity index (χ2n) is 6.17. The van der Waals surface area contributed by atoms with Crippen molar-refractivity contribution in [2.24, 2.45) is 0 Å². The summed E-state index contributed by atoms with van der Waals surface area (Å²) in [4.78, 5) is 2.81. The van der Waals surface area contributed by atoms with E-state index in [1.165, 1.54) is 17.6 Å². The Morgan fingerprint density at radius 3 is 2.52 bits per heavy atom. The van der Waals surface area contributed by atoms with Crippen molar-refractivity contribution < 1.29 is 14.9 Å². The molecular formula is C20H31N3O3S. The Kier molecular flexibility index (Phi) is 10.4. The van der Waals surface area contributed by atoms with Crippen molar-refractivity contribution in [2.75, 3.05) is 24.5 Å². The van der Waals surface area contributed by atoms with Crippen molar-refractivity contribution in [1.82, 2.24) is 4.72 Å². The summed E-state index contributed by atoms with van der Waals surface area (Å²) in [6.07, 6.45) is 0.806. The van der Waals surface area contributed by atoms with Gasteiger partial charge in [-0.05, 0) is 49.6 Å². The molecule has 0 spiro atoms. The zero-order valence-electron chi connectivity index (χ0n) is 15.3. The van der Waals surface area contributed by atoms with Gasteiger partial charge < -0.3 is 19.8 Å². The van der Waals surface area contributed by atoms with Crippen LogP contribution in [-0.2, 0) is 4.74 Å². The minimum atomic E-state index is -0.925. The third-order valence-corrected chi connectivity index (χ3v) is 5.02. The van der Waals surface area contributed by atoms with Crippen LogP contribution >= 0.6 is 11.9 Å². The van der Waals surface area contributed by atoms with Crippen molar-refractivity contribution in [3.8, 4) is 6.07 Å². The van der Waals surface area contributed by atoms with Gasteiger partial charge in [-0.1, -0.05) is 19.6 Å². The van der Waals surface area contributed by atoms with E-state index < -0.39 is 12.4 Å².